The monoisotopic (exact) mass is 261 g/mol. The molecule has 0 radical (unpaired) electrons. The number of thiophene rings is 1. The van der Waals surface area contributed by atoms with Crippen LogP contribution >= 0.6 is 11.3 Å². The summed E-state index contributed by atoms with van der Waals surface area (Å²) in [6.07, 6.45) is 0. The lowest BCUT2D eigenvalue weighted by atomic mass is 9.90. The summed E-state index contributed by atoms with van der Waals surface area (Å²) in [5, 5.41) is 6.30. The summed E-state index contributed by atoms with van der Waals surface area (Å²) in [7, 11) is 0. The Hall–Kier alpha value is -1.62. The molecule has 5 heteroatoms. The highest BCUT2D eigenvalue weighted by molar-refractivity contribution is 7.17. The molecule has 0 saturated carbocycles. The van der Waals surface area contributed by atoms with Gasteiger partial charge in [-0.3, -0.25) is 4.79 Å². The molecule has 3 rings (SSSR count). The number of hydrazone groups is 1. The van der Waals surface area contributed by atoms with Gasteiger partial charge in [-0.1, -0.05) is 20.8 Å². The van der Waals surface area contributed by atoms with E-state index in [0.717, 1.165) is 15.9 Å². The average Bonchev–Trinajstić information content (AvgIpc) is 2.79. The number of hydrogen-bond acceptors (Lipinski definition) is 3. The Bertz CT molecular complexity index is 657. The standard InChI is InChI=1S/C13H15N3OS/c1-13(2,3)11-7-16-8-4-5-18-10(8)6-9(16)12(17)15-14-11/h4-6H,7H2,1-3H3,(H,15,17). The van der Waals surface area contributed by atoms with Gasteiger partial charge in [-0.2, -0.15) is 5.10 Å². The maximum Gasteiger partial charge on any atom is 0.288 e. The van der Waals surface area contributed by atoms with Crippen LogP contribution in [0.1, 0.15) is 31.3 Å². The van der Waals surface area contributed by atoms with E-state index >= 15 is 0 Å². The van der Waals surface area contributed by atoms with Gasteiger partial charge in [0.15, 0.2) is 0 Å². The predicted molar refractivity (Wildman–Crippen MR) is 74.2 cm³/mol. The molecule has 3 heterocycles. The molecule has 0 fully saturated rings. The summed E-state index contributed by atoms with van der Waals surface area (Å²) in [5.74, 6) is -0.127. The van der Waals surface area contributed by atoms with Gasteiger partial charge in [-0.15, -0.1) is 11.3 Å². The first kappa shape index (κ1) is 11.5. The first-order chi connectivity index (χ1) is 8.47. The van der Waals surface area contributed by atoms with Gasteiger partial charge in [-0.25, -0.2) is 5.43 Å². The number of aromatic nitrogens is 1. The summed E-state index contributed by atoms with van der Waals surface area (Å²) < 4.78 is 3.20. The Labute approximate surface area is 109 Å². The molecule has 18 heavy (non-hydrogen) atoms. The lowest BCUT2D eigenvalue weighted by Gasteiger charge is -2.20. The highest BCUT2D eigenvalue weighted by Crippen LogP contribution is 2.28. The second-order valence-corrected chi connectivity index (χ2v) is 6.48. The summed E-state index contributed by atoms with van der Waals surface area (Å²) in [6, 6.07) is 4.00. The van der Waals surface area contributed by atoms with Crippen LogP contribution in [0.5, 0.6) is 0 Å². The van der Waals surface area contributed by atoms with Crippen LogP contribution in [0.2, 0.25) is 0 Å². The van der Waals surface area contributed by atoms with Crippen molar-refractivity contribution >= 4 is 33.2 Å². The van der Waals surface area contributed by atoms with E-state index < -0.39 is 0 Å². The predicted octanol–water partition coefficient (Wildman–Crippen LogP) is 2.85. The normalized spacial score (nSPS) is 16.2. The smallest absolute Gasteiger partial charge is 0.288 e. The molecule has 2 aromatic heterocycles. The molecule has 0 bridgehead atoms. The Morgan fingerprint density at radius 3 is 2.94 bits per heavy atom. The topological polar surface area (TPSA) is 46.4 Å². The van der Waals surface area contributed by atoms with Crippen molar-refractivity contribution in [3.05, 3.63) is 23.2 Å². The highest BCUT2D eigenvalue weighted by Gasteiger charge is 2.26. The van der Waals surface area contributed by atoms with Crippen molar-refractivity contribution in [2.24, 2.45) is 10.5 Å². The highest BCUT2D eigenvalue weighted by atomic mass is 32.1. The maximum absolute atomic E-state index is 12.0. The third kappa shape index (κ3) is 1.66. The number of amides is 1. The van der Waals surface area contributed by atoms with E-state index in [1.807, 2.05) is 6.07 Å². The molecule has 0 unspecified atom stereocenters. The van der Waals surface area contributed by atoms with Crippen molar-refractivity contribution in [1.29, 1.82) is 0 Å². The Kier molecular flexibility index (Phi) is 2.35. The van der Waals surface area contributed by atoms with Crippen LogP contribution in [-0.4, -0.2) is 16.2 Å². The second kappa shape index (κ2) is 3.68. The van der Waals surface area contributed by atoms with Crippen LogP contribution in [-0.2, 0) is 6.54 Å². The fourth-order valence-electron chi connectivity index (χ4n) is 2.10. The minimum atomic E-state index is -0.127. The molecular formula is C13H15N3OS. The van der Waals surface area contributed by atoms with E-state index in [4.69, 9.17) is 0 Å². The average molecular weight is 261 g/mol. The third-order valence-electron chi connectivity index (χ3n) is 3.22. The quantitative estimate of drug-likeness (QED) is 0.778. The molecule has 4 nitrogen and oxygen atoms in total. The minimum absolute atomic E-state index is 0.0541. The van der Waals surface area contributed by atoms with Crippen molar-refractivity contribution in [3.8, 4) is 0 Å². The van der Waals surface area contributed by atoms with Crippen LogP contribution in [0.15, 0.2) is 22.6 Å². The van der Waals surface area contributed by atoms with Crippen LogP contribution in [0.4, 0.5) is 0 Å². The van der Waals surface area contributed by atoms with E-state index in [0.29, 0.717) is 12.2 Å². The number of hydrogen-bond donors (Lipinski definition) is 1. The summed E-state index contributed by atoms with van der Waals surface area (Å²) >= 11 is 1.66. The minimum Gasteiger partial charge on any atom is -0.330 e. The van der Waals surface area contributed by atoms with Crippen molar-refractivity contribution in [3.63, 3.8) is 0 Å². The fraction of sp³-hybridized carbons (Fsp3) is 0.385. The van der Waals surface area contributed by atoms with Crippen molar-refractivity contribution < 1.29 is 4.79 Å². The summed E-state index contributed by atoms with van der Waals surface area (Å²) in [4.78, 5) is 12.0. The summed E-state index contributed by atoms with van der Waals surface area (Å²) in [6.45, 7) is 6.99. The lowest BCUT2D eigenvalue weighted by molar-refractivity contribution is 0.0949. The van der Waals surface area contributed by atoms with E-state index in [9.17, 15) is 4.79 Å². The third-order valence-corrected chi connectivity index (χ3v) is 4.07. The molecule has 1 amide bonds. The second-order valence-electron chi connectivity index (χ2n) is 5.54. The van der Waals surface area contributed by atoms with Crippen molar-refractivity contribution in [1.82, 2.24) is 9.99 Å². The van der Waals surface area contributed by atoms with E-state index in [2.05, 4.69) is 47.3 Å². The van der Waals surface area contributed by atoms with Crippen molar-refractivity contribution in [2.45, 2.75) is 27.3 Å². The van der Waals surface area contributed by atoms with E-state index in [1.54, 1.807) is 11.3 Å². The van der Waals surface area contributed by atoms with Gasteiger partial charge in [-0.05, 0) is 17.5 Å². The van der Waals surface area contributed by atoms with Gasteiger partial charge in [0.1, 0.15) is 5.69 Å². The molecule has 1 aliphatic heterocycles. The van der Waals surface area contributed by atoms with Gasteiger partial charge >= 0.3 is 0 Å². The molecule has 94 valence electrons. The zero-order chi connectivity index (χ0) is 12.9. The Morgan fingerprint density at radius 2 is 2.22 bits per heavy atom. The number of rotatable bonds is 0. The molecule has 2 aromatic rings. The molecule has 0 saturated heterocycles. The van der Waals surface area contributed by atoms with E-state index in [-0.39, 0.29) is 11.3 Å². The van der Waals surface area contributed by atoms with Crippen LogP contribution in [0.3, 0.4) is 0 Å². The maximum atomic E-state index is 12.0. The van der Waals surface area contributed by atoms with Gasteiger partial charge in [0.25, 0.3) is 5.91 Å². The number of nitrogens with zero attached hydrogens (tertiary/aromatic N) is 2. The number of fused-ring (bicyclic) bond motifs is 3. The van der Waals surface area contributed by atoms with Crippen molar-refractivity contribution in [2.75, 3.05) is 0 Å². The van der Waals surface area contributed by atoms with E-state index in [1.165, 1.54) is 0 Å². The molecule has 1 aliphatic rings. The fourth-order valence-corrected chi connectivity index (χ4v) is 2.92. The molecule has 1 N–H and O–H groups in total. The number of nitrogens with one attached hydrogen (secondary N) is 1. The molecule has 0 aromatic carbocycles. The molecule has 0 atom stereocenters. The zero-order valence-corrected chi connectivity index (χ0v) is 11.5. The van der Waals surface area contributed by atoms with Gasteiger partial charge < -0.3 is 4.57 Å². The van der Waals surface area contributed by atoms with Crippen LogP contribution in [0.25, 0.3) is 10.2 Å². The van der Waals surface area contributed by atoms with Crippen LogP contribution < -0.4 is 5.43 Å². The Balaban J connectivity index is 2.18. The molecular weight excluding hydrogens is 246 g/mol. The van der Waals surface area contributed by atoms with Gasteiger partial charge in [0, 0.05) is 5.41 Å². The van der Waals surface area contributed by atoms with Gasteiger partial charge in [0.2, 0.25) is 0 Å². The molecule has 0 spiro atoms. The Morgan fingerprint density at radius 1 is 1.44 bits per heavy atom. The molecule has 0 aliphatic carbocycles. The SMILES string of the molecule is CC(C)(C)C1=NNC(=O)c2cc3sccc3n2C1. The van der Waals surface area contributed by atoms with Gasteiger partial charge in [0.05, 0.1) is 22.5 Å². The first-order valence-electron chi connectivity index (χ1n) is 5.91. The number of carbonyl (C=O) groups excluding carboxylic acids is 1. The summed E-state index contributed by atoms with van der Waals surface area (Å²) in [5.41, 5.74) is 5.38. The van der Waals surface area contributed by atoms with Crippen LogP contribution in [0, 0.1) is 5.41 Å². The largest absolute Gasteiger partial charge is 0.330 e. The first-order valence-corrected chi connectivity index (χ1v) is 6.79. The lowest BCUT2D eigenvalue weighted by Crippen LogP contribution is -2.26. The zero-order valence-electron chi connectivity index (χ0n) is 10.7. The number of carbonyl (C=O) groups is 1.